The minimum atomic E-state index is -0.135. The molecule has 0 radical (unpaired) electrons. The molecule has 4 heteroatoms. The lowest BCUT2D eigenvalue weighted by Gasteiger charge is -2.04. The molecule has 0 bridgehead atoms. The maximum Gasteiger partial charge on any atom is 0.250 e. The van der Waals surface area contributed by atoms with Gasteiger partial charge in [-0.25, -0.2) is 0 Å². The van der Waals surface area contributed by atoms with E-state index in [1.807, 2.05) is 24.3 Å². The molecule has 2 rings (SSSR count). The normalized spacial score (nSPS) is 9.69. The highest BCUT2D eigenvalue weighted by atomic mass is 16.1. The summed E-state index contributed by atoms with van der Waals surface area (Å²) < 4.78 is 1.47. The predicted octanol–water partition coefficient (Wildman–Crippen LogP) is 1.16. The zero-order valence-corrected chi connectivity index (χ0v) is 8.50. The number of hydrogen-bond donors (Lipinski definition) is 0. The Bertz CT molecular complexity index is 581. The van der Waals surface area contributed by atoms with Crippen LogP contribution in [0.15, 0.2) is 47.5 Å². The van der Waals surface area contributed by atoms with Crippen LogP contribution >= 0.6 is 0 Å². The number of rotatable bonds is 2. The van der Waals surface area contributed by atoms with Crippen molar-refractivity contribution in [2.75, 3.05) is 0 Å². The molecule has 0 saturated carbocycles. The Hall–Kier alpha value is -2.41. The maximum absolute atomic E-state index is 11.5. The molecule has 2 aromatic rings. The van der Waals surface area contributed by atoms with Gasteiger partial charge in [-0.05, 0) is 18.2 Å². The molecule has 0 aliphatic heterocycles. The predicted molar refractivity (Wildman–Crippen MR) is 58.8 cm³/mol. The fourth-order valence-corrected chi connectivity index (χ4v) is 1.39. The van der Waals surface area contributed by atoms with Crippen LogP contribution < -0.4 is 5.56 Å². The van der Waals surface area contributed by atoms with Crippen molar-refractivity contribution in [2.45, 2.75) is 6.54 Å². The molecule has 0 spiro atoms. The molecule has 0 amide bonds. The summed E-state index contributed by atoms with van der Waals surface area (Å²) in [5, 5.41) is 8.74. The average molecular weight is 211 g/mol. The summed E-state index contributed by atoms with van der Waals surface area (Å²) in [6.07, 6.45) is 3.21. The minimum Gasteiger partial charge on any atom is -0.308 e. The Kier molecular flexibility index (Phi) is 2.79. The van der Waals surface area contributed by atoms with Crippen LogP contribution in [-0.4, -0.2) is 9.55 Å². The second-order valence-corrected chi connectivity index (χ2v) is 3.32. The van der Waals surface area contributed by atoms with Gasteiger partial charge in [0.15, 0.2) is 0 Å². The zero-order valence-electron chi connectivity index (χ0n) is 8.50. The summed E-state index contributed by atoms with van der Waals surface area (Å²) in [5.41, 5.74) is 1.12. The largest absolute Gasteiger partial charge is 0.308 e. The van der Waals surface area contributed by atoms with Gasteiger partial charge in [-0.1, -0.05) is 6.07 Å². The van der Waals surface area contributed by atoms with Crippen LogP contribution in [0.25, 0.3) is 0 Å². The molecule has 0 aliphatic carbocycles. The van der Waals surface area contributed by atoms with Gasteiger partial charge in [0.1, 0.15) is 6.07 Å². The van der Waals surface area contributed by atoms with Crippen molar-refractivity contribution in [3.63, 3.8) is 0 Å². The fraction of sp³-hybridized carbons (Fsp3) is 0.0833. The van der Waals surface area contributed by atoms with Crippen LogP contribution in [0, 0.1) is 11.3 Å². The molecule has 2 aromatic heterocycles. The topological polar surface area (TPSA) is 58.7 Å². The lowest BCUT2D eigenvalue weighted by Crippen LogP contribution is -2.19. The minimum absolute atomic E-state index is 0.135. The third kappa shape index (κ3) is 2.15. The first-order chi connectivity index (χ1) is 7.79. The molecule has 0 saturated heterocycles. The van der Waals surface area contributed by atoms with Crippen LogP contribution in [-0.2, 0) is 6.54 Å². The standard InChI is InChI=1S/C12H9N3O/c13-7-10-4-5-12(16)15(8-10)9-11-3-1-2-6-14-11/h1-6,8H,9H2. The molecular formula is C12H9N3O. The smallest absolute Gasteiger partial charge is 0.250 e. The lowest BCUT2D eigenvalue weighted by molar-refractivity contribution is 0.738. The molecule has 0 N–H and O–H groups in total. The summed E-state index contributed by atoms with van der Waals surface area (Å²) in [7, 11) is 0. The summed E-state index contributed by atoms with van der Waals surface area (Å²) in [4.78, 5) is 15.6. The Morgan fingerprint density at radius 3 is 2.88 bits per heavy atom. The molecule has 0 aromatic carbocycles. The first kappa shape index (κ1) is 10.1. The fourth-order valence-electron chi connectivity index (χ4n) is 1.39. The number of pyridine rings is 2. The van der Waals surface area contributed by atoms with E-state index in [4.69, 9.17) is 5.26 Å². The highest BCUT2D eigenvalue weighted by Crippen LogP contribution is 1.98. The number of nitriles is 1. The van der Waals surface area contributed by atoms with E-state index in [9.17, 15) is 4.79 Å². The van der Waals surface area contributed by atoms with Crippen molar-refractivity contribution < 1.29 is 0 Å². The Balaban J connectivity index is 2.35. The first-order valence-electron chi connectivity index (χ1n) is 4.80. The average Bonchev–Trinajstić information content (AvgIpc) is 2.33. The Labute approximate surface area is 92.4 Å². The van der Waals surface area contributed by atoms with Crippen LogP contribution in [0.4, 0.5) is 0 Å². The van der Waals surface area contributed by atoms with Gasteiger partial charge >= 0.3 is 0 Å². The third-order valence-corrected chi connectivity index (χ3v) is 2.17. The van der Waals surface area contributed by atoms with Gasteiger partial charge in [-0.15, -0.1) is 0 Å². The lowest BCUT2D eigenvalue weighted by atomic mass is 10.3. The zero-order chi connectivity index (χ0) is 11.4. The number of nitrogens with zero attached hydrogens (tertiary/aromatic N) is 3. The van der Waals surface area contributed by atoms with Crippen molar-refractivity contribution in [3.05, 3.63) is 64.3 Å². The van der Waals surface area contributed by atoms with Gasteiger partial charge in [0.05, 0.1) is 17.8 Å². The summed E-state index contributed by atoms with van der Waals surface area (Å²) in [6, 6.07) is 10.4. The maximum atomic E-state index is 11.5. The molecule has 0 atom stereocenters. The first-order valence-corrected chi connectivity index (χ1v) is 4.80. The van der Waals surface area contributed by atoms with Gasteiger partial charge in [0, 0.05) is 18.5 Å². The highest BCUT2D eigenvalue weighted by Gasteiger charge is 1.99. The summed E-state index contributed by atoms with van der Waals surface area (Å²) in [6.45, 7) is 0.384. The van der Waals surface area contributed by atoms with Crippen molar-refractivity contribution in [1.82, 2.24) is 9.55 Å². The Morgan fingerprint density at radius 2 is 2.19 bits per heavy atom. The van der Waals surface area contributed by atoms with E-state index in [0.717, 1.165) is 5.69 Å². The second kappa shape index (κ2) is 4.41. The van der Waals surface area contributed by atoms with E-state index in [1.54, 1.807) is 6.20 Å². The molecule has 0 unspecified atom stereocenters. The molecule has 4 nitrogen and oxygen atoms in total. The summed E-state index contributed by atoms with van der Waals surface area (Å²) >= 11 is 0. The van der Waals surface area contributed by atoms with Crippen molar-refractivity contribution in [1.29, 1.82) is 5.26 Å². The van der Waals surface area contributed by atoms with E-state index < -0.39 is 0 Å². The van der Waals surface area contributed by atoms with Crippen molar-refractivity contribution >= 4 is 0 Å². The van der Waals surface area contributed by atoms with Gasteiger partial charge in [0.2, 0.25) is 0 Å². The van der Waals surface area contributed by atoms with E-state index in [0.29, 0.717) is 12.1 Å². The van der Waals surface area contributed by atoms with Crippen LogP contribution in [0.3, 0.4) is 0 Å². The Morgan fingerprint density at radius 1 is 1.31 bits per heavy atom. The second-order valence-electron chi connectivity index (χ2n) is 3.32. The number of hydrogen-bond acceptors (Lipinski definition) is 3. The van der Waals surface area contributed by atoms with Crippen molar-refractivity contribution in [3.8, 4) is 6.07 Å². The molecule has 2 heterocycles. The molecule has 16 heavy (non-hydrogen) atoms. The van der Waals surface area contributed by atoms with Gasteiger partial charge < -0.3 is 4.57 Å². The quantitative estimate of drug-likeness (QED) is 0.749. The highest BCUT2D eigenvalue weighted by molar-refractivity contribution is 5.25. The molecule has 78 valence electrons. The molecule has 0 fully saturated rings. The van der Waals surface area contributed by atoms with E-state index >= 15 is 0 Å². The van der Waals surface area contributed by atoms with Gasteiger partial charge in [0.25, 0.3) is 5.56 Å². The number of aromatic nitrogens is 2. The monoisotopic (exact) mass is 211 g/mol. The van der Waals surface area contributed by atoms with Crippen LogP contribution in [0.1, 0.15) is 11.3 Å². The molecular weight excluding hydrogens is 202 g/mol. The molecule has 0 aliphatic rings. The third-order valence-electron chi connectivity index (χ3n) is 2.17. The van der Waals surface area contributed by atoms with E-state index in [-0.39, 0.29) is 5.56 Å². The van der Waals surface area contributed by atoms with Crippen LogP contribution in [0.2, 0.25) is 0 Å². The van der Waals surface area contributed by atoms with E-state index in [2.05, 4.69) is 4.98 Å². The van der Waals surface area contributed by atoms with Gasteiger partial charge in [-0.2, -0.15) is 5.26 Å². The van der Waals surface area contributed by atoms with Gasteiger partial charge in [-0.3, -0.25) is 9.78 Å². The summed E-state index contributed by atoms with van der Waals surface area (Å²) in [5.74, 6) is 0. The van der Waals surface area contributed by atoms with Crippen LogP contribution in [0.5, 0.6) is 0 Å². The van der Waals surface area contributed by atoms with E-state index in [1.165, 1.54) is 22.9 Å². The SMILES string of the molecule is N#Cc1ccc(=O)n(Cc2ccccn2)c1. The van der Waals surface area contributed by atoms with Crippen molar-refractivity contribution in [2.24, 2.45) is 0 Å².